The molecule has 0 aliphatic carbocycles. The summed E-state index contributed by atoms with van der Waals surface area (Å²) in [7, 11) is 0. The van der Waals surface area contributed by atoms with E-state index in [-0.39, 0.29) is 0 Å². The fourth-order valence-corrected chi connectivity index (χ4v) is 0.598. The molecule has 0 radical (unpaired) electrons. The van der Waals surface area contributed by atoms with Crippen LogP contribution in [0.2, 0.25) is 0 Å². The standard InChI is InChI=1S/C6H8N.Al.2H/c1-3-5-7-6-4-2;;;/h1,7H,2,5-6H2;;;. The molecule has 2 heteroatoms. The van der Waals surface area contributed by atoms with Crippen molar-refractivity contribution >= 4 is 16.3 Å². The van der Waals surface area contributed by atoms with Crippen LogP contribution in [0.5, 0.6) is 0 Å². The lowest BCUT2D eigenvalue weighted by atomic mass is 10.5. The summed E-state index contributed by atoms with van der Waals surface area (Å²) in [6, 6.07) is 0. The third-order valence-electron chi connectivity index (χ3n) is 0.654. The van der Waals surface area contributed by atoms with Crippen molar-refractivity contribution in [3.05, 3.63) is 11.0 Å². The van der Waals surface area contributed by atoms with Gasteiger partial charge in [-0.1, -0.05) is 5.92 Å². The zero-order chi connectivity index (χ0) is 6.41. The fourth-order valence-electron chi connectivity index (χ4n) is 0.348. The minimum Gasteiger partial charge on any atom is -0.304 e. The average Bonchev–Trinajstić information content (AvgIpc) is 1.66. The summed E-state index contributed by atoms with van der Waals surface area (Å²) in [6.07, 6.45) is 4.98. The zero-order valence-corrected chi connectivity index (χ0v) is 7.20. The van der Waals surface area contributed by atoms with Crippen molar-refractivity contribution < 1.29 is 0 Å². The topological polar surface area (TPSA) is 12.0 Å². The van der Waals surface area contributed by atoms with E-state index in [1.165, 1.54) is 4.44 Å². The minimum atomic E-state index is 0.654. The Morgan fingerprint density at radius 2 is 2.50 bits per heavy atom. The molecule has 0 atom stereocenters. The van der Waals surface area contributed by atoms with Crippen LogP contribution in [0.3, 0.4) is 0 Å². The number of nitrogens with one attached hydrogen (secondary N) is 1. The molecule has 0 saturated heterocycles. The third-order valence-corrected chi connectivity index (χ3v) is 1.01. The molecule has 0 spiro atoms. The largest absolute Gasteiger partial charge is 0.304 e. The number of rotatable bonds is 3. The van der Waals surface area contributed by atoms with Crippen LogP contribution >= 0.6 is 0 Å². The summed E-state index contributed by atoms with van der Waals surface area (Å²) in [5, 5.41) is 3.03. The lowest BCUT2D eigenvalue weighted by Gasteiger charge is -1.96. The molecular weight excluding hydrogens is 113 g/mol. The van der Waals surface area contributed by atoms with E-state index in [1.54, 1.807) is 0 Å². The van der Waals surface area contributed by atoms with E-state index < -0.39 is 0 Å². The van der Waals surface area contributed by atoms with E-state index in [0.717, 1.165) is 22.8 Å². The smallest absolute Gasteiger partial charge is 0.253 e. The summed E-state index contributed by atoms with van der Waals surface area (Å²) in [4.78, 5) is 0. The molecule has 0 bridgehead atoms. The minimum absolute atomic E-state index is 0.654. The van der Waals surface area contributed by atoms with E-state index in [0.29, 0.717) is 6.54 Å². The highest BCUT2D eigenvalue weighted by Gasteiger charge is 1.80. The van der Waals surface area contributed by atoms with Crippen LogP contribution in [0, 0.1) is 12.3 Å². The van der Waals surface area contributed by atoms with E-state index in [4.69, 9.17) is 6.42 Å². The molecule has 0 fully saturated rings. The van der Waals surface area contributed by atoms with Crippen LogP contribution in [-0.2, 0) is 0 Å². The SMILES string of the molecule is C#CCNC[C](=C)[AlH2]. The van der Waals surface area contributed by atoms with Crippen LogP contribution in [0.15, 0.2) is 11.0 Å². The maximum Gasteiger partial charge on any atom is 0.253 e. The fraction of sp³-hybridized carbons (Fsp3) is 0.333. The highest BCUT2D eigenvalue weighted by Crippen LogP contribution is 1.72. The van der Waals surface area contributed by atoms with Crippen molar-refractivity contribution in [3.63, 3.8) is 0 Å². The maximum absolute atomic E-state index is 4.98. The van der Waals surface area contributed by atoms with Gasteiger partial charge in [0, 0.05) is 6.54 Å². The van der Waals surface area contributed by atoms with Crippen molar-refractivity contribution in [2.45, 2.75) is 0 Å². The van der Waals surface area contributed by atoms with Gasteiger partial charge in [-0.25, -0.2) is 0 Å². The van der Waals surface area contributed by atoms with Crippen molar-refractivity contribution in [3.8, 4) is 12.3 Å². The molecule has 0 rings (SSSR count). The van der Waals surface area contributed by atoms with Gasteiger partial charge in [0.1, 0.15) is 0 Å². The molecule has 0 aromatic heterocycles. The van der Waals surface area contributed by atoms with E-state index in [2.05, 4.69) is 17.8 Å². The van der Waals surface area contributed by atoms with Crippen molar-refractivity contribution in [2.24, 2.45) is 0 Å². The third kappa shape index (κ3) is 5.79. The lowest BCUT2D eigenvalue weighted by molar-refractivity contribution is 0.850. The second kappa shape index (κ2) is 4.94. The van der Waals surface area contributed by atoms with Crippen molar-refractivity contribution in [1.82, 2.24) is 5.32 Å². The van der Waals surface area contributed by atoms with E-state index in [9.17, 15) is 0 Å². The quantitative estimate of drug-likeness (QED) is 0.299. The van der Waals surface area contributed by atoms with Gasteiger partial charge in [0.25, 0.3) is 16.3 Å². The highest BCUT2D eigenvalue weighted by molar-refractivity contribution is 6.21. The number of hydrogen-bond donors (Lipinski definition) is 1. The molecule has 1 N–H and O–H groups in total. The first-order chi connectivity index (χ1) is 3.77. The molecule has 42 valence electrons. The first-order valence-electron chi connectivity index (χ1n) is 2.56. The Morgan fingerprint density at radius 3 is 2.88 bits per heavy atom. The molecule has 0 aromatic rings. The van der Waals surface area contributed by atoms with Crippen LogP contribution in [0.1, 0.15) is 0 Å². The Hall–Kier alpha value is -0.208. The Morgan fingerprint density at radius 1 is 1.88 bits per heavy atom. The first-order valence-corrected chi connectivity index (χ1v) is 3.56. The molecule has 0 amide bonds. The Bertz CT molecular complexity index is 112. The monoisotopic (exact) mass is 123 g/mol. The maximum atomic E-state index is 4.98. The Kier molecular flexibility index (Phi) is 4.81. The van der Waals surface area contributed by atoms with Crippen LogP contribution in [0.25, 0.3) is 0 Å². The molecule has 8 heavy (non-hydrogen) atoms. The van der Waals surface area contributed by atoms with Gasteiger partial charge in [-0.3, -0.25) is 0 Å². The summed E-state index contributed by atoms with van der Waals surface area (Å²) < 4.78 is 1.25. The van der Waals surface area contributed by atoms with Gasteiger partial charge in [-0.05, 0) is 0 Å². The summed E-state index contributed by atoms with van der Waals surface area (Å²) in [5.74, 6) is 2.49. The average molecular weight is 123 g/mol. The molecule has 0 unspecified atom stereocenters. The van der Waals surface area contributed by atoms with Crippen LogP contribution < -0.4 is 5.32 Å². The predicted octanol–water partition coefficient (Wildman–Crippen LogP) is -0.644. The molecular formula is C6H10AlN. The van der Waals surface area contributed by atoms with Gasteiger partial charge in [-0.2, -0.15) is 0 Å². The number of hydrogen-bond acceptors (Lipinski definition) is 1. The van der Waals surface area contributed by atoms with E-state index in [1.807, 2.05) is 0 Å². The normalized spacial score (nSPS) is 7.88. The lowest BCUT2D eigenvalue weighted by Crippen LogP contribution is -2.16. The number of terminal acetylenes is 1. The van der Waals surface area contributed by atoms with Crippen molar-refractivity contribution in [2.75, 3.05) is 13.1 Å². The van der Waals surface area contributed by atoms with Gasteiger partial charge in [0.05, 0.1) is 6.54 Å². The van der Waals surface area contributed by atoms with E-state index >= 15 is 0 Å². The molecule has 0 aliphatic rings. The van der Waals surface area contributed by atoms with Crippen molar-refractivity contribution in [1.29, 1.82) is 0 Å². The van der Waals surface area contributed by atoms with Gasteiger partial charge in [0.15, 0.2) is 0 Å². The van der Waals surface area contributed by atoms with Gasteiger partial charge < -0.3 is 5.32 Å². The Balaban J connectivity index is 2.97. The summed E-state index contributed by atoms with van der Waals surface area (Å²) in [6.45, 7) is 5.30. The molecule has 0 saturated carbocycles. The highest BCUT2D eigenvalue weighted by atomic mass is 27.0. The van der Waals surface area contributed by atoms with Gasteiger partial charge in [-0.15, -0.1) is 17.4 Å². The molecule has 0 aliphatic heterocycles. The zero-order valence-electron chi connectivity index (χ0n) is 5.20. The molecule has 0 heterocycles. The second-order valence-electron chi connectivity index (χ2n) is 1.76. The predicted molar refractivity (Wildman–Crippen MR) is 39.4 cm³/mol. The van der Waals surface area contributed by atoms with Gasteiger partial charge in [0.2, 0.25) is 0 Å². The second-order valence-corrected chi connectivity index (χ2v) is 3.18. The Labute approximate surface area is 58.6 Å². The summed E-state index contributed by atoms with van der Waals surface area (Å²) >= 11 is 1.06. The molecule has 0 aromatic carbocycles. The van der Waals surface area contributed by atoms with Crippen LogP contribution in [-0.4, -0.2) is 29.4 Å². The van der Waals surface area contributed by atoms with Crippen LogP contribution in [0.4, 0.5) is 0 Å². The molecule has 1 nitrogen and oxygen atoms in total. The summed E-state index contributed by atoms with van der Waals surface area (Å²) in [5.41, 5.74) is 0. The first kappa shape index (κ1) is 7.79. The van der Waals surface area contributed by atoms with Gasteiger partial charge >= 0.3 is 0 Å².